The third kappa shape index (κ3) is 3.17. The van der Waals surface area contributed by atoms with E-state index >= 15 is 0 Å². The smallest absolute Gasteiger partial charge is 0.0995 e. The van der Waals surface area contributed by atoms with Gasteiger partial charge in [-0.05, 0) is 24.6 Å². The van der Waals surface area contributed by atoms with Crippen molar-refractivity contribution in [1.29, 1.82) is 0 Å². The summed E-state index contributed by atoms with van der Waals surface area (Å²) in [6, 6.07) is 8.90. The molecule has 3 heteroatoms. The molecule has 0 spiro atoms. The van der Waals surface area contributed by atoms with Gasteiger partial charge in [0.2, 0.25) is 0 Å². The summed E-state index contributed by atoms with van der Waals surface area (Å²) in [4.78, 5) is 4.39. The van der Waals surface area contributed by atoms with Crippen LogP contribution in [0.25, 0.3) is 5.69 Å². The second kappa shape index (κ2) is 5.15. The van der Waals surface area contributed by atoms with Crippen molar-refractivity contribution in [2.75, 3.05) is 0 Å². The Balaban J connectivity index is 2.12. The molecule has 0 unspecified atom stereocenters. The SMILES string of the molecule is Cc1cccc(-n2cnc(CNC(C)C)c2)c1. The molecular formula is C14H19N3. The molecule has 1 N–H and O–H groups in total. The number of aryl methyl sites for hydroxylation is 1. The number of aromatic nitrogens is 2. The maximum absolute atomic E-state index is 4.39. The van der Waals surface area contributed by atoms with Gasteiger partial charge in [-0.1, -0.05) is 26.0 Å². The monoisotopic (exact) mass is 229 g/mol. The van der Waals surface area contributed by atoms with Crippen molar-refractivity contribution >= 4 is 0 Å². The molecule has 3 nitrogen and oxygen atoms in total. The van der Waals surface area contributed by atoms with Crippen LogP contribution < -0.4 is 5.32 Å². The largest absolute Gasteiger partial charge is 0.309 e. The molecule has 0 aliphatic heterocycles. The van der Waals surface area contributed by atoms with Gasteiger partial charge in [0.05, 0.1) is 12.0 Å². The van der Waals surface area contributed by atoms with Crippen molar-refractivity contribution in [3.8, 4) is 5.69 Å². The highest BCUT2D eigenvalue weighted by Crippen LogP contribution is 2.10. The number of hydrogen-bond acceptors (Lipinski definition) is 2. The van der Waals surface area contributed by atoms with Crippen LogP contribution in [0.2, 0.25) is 0 Å². The lowest BCUT2D eigenvalue weighted by atomic mass is 10.2. The van der Waals surface area contributed by atoms with E-state index in [0.717, 1.165) is 17.9 Å². The molecule has 0 aliphatic carbocycles. The van der Waals surface area contributed by atoms with Gasteiger partial charge in [-0.2, -0.15) is 0 Å². The van der Waals surface area contributed by atoms with Crippen molar-refractivity contribution in [1.82, 2.24) is 14.9 Å². The highest BCUT2D eigenvalue weighted by atomic mass is 15.1. The maximum atomic E-state index is 4.39. The molecule has 1 heterocycles. The average Bonchev–Trinajstić information content (AvgIpc) is 2.75. The number of hydrogen-bond donors (Lipinski definition) is 1. The minimum Gasteiger partial charge on any atom is -0.309 e. The Morgan fingerprint density at radius 2 is 2.18 bits per heavy atom. The Labute approximate surface area is 103 Å². The quantitative estimate of drug-likeness (QED) is 0.873. The predicted molar refractivity (Wildman–Crippen MR) is 70.3 cm³/mol. The lowest BCUT2D eigenvalue weighted by Gasteiger charge is -2.05. The summed E-state index contributed by atoms with van der Waals surface area (Å²) in [6.45, 7) is 7.19. The minimum absolute atomic E-state index is 0.485. The highest BCUT2D eigenvalue weighted by molar-refractivity contribution is 5.35. The molecule has 0 atom stereocenters. The summed E-state index contributed by atoms with van der Waals surface area (Å²) in [5.74, 6) is 0. The Hall–Kier alpha value is -1.61. The molecule has 90 valence electrons. The molecule has 1 aromatic heterocycles. The summed E-state index contributed by atoms with van der Waals surface area (Å²) >= 11 is 0. The zero-order chi connectivity index (χ0) is 12.3. The van der Waals surface area contributed by atoms with Crippen molar-refractivity contribution in [2.45, 2.75) is 33.4 Å². The van der Waals surface area contributed by atoms with Gasteiger partial charge in [0.25, 0.3) is 0 Å². The number of nitrogens with one attached hydrogen (secondary N) is 1. The van der Waals surface area contributed by atoms with Crippen LogP contribution in [0.3, 0.4) is 0 Å². The van der Waals surface area contributed by atoms with Gasteiger partial charge >= 0.3 is 0 Å². The van der Waals surface area contributed by atoms with Crippen molar-refractivity contribution < 1.29 is 0 Å². The first kappa shape index (κ1) is 11.9. The molecule has 2 rings (SSSR count). The summed E-state index contributed by atoms with van der Waals surface area (Å²) in [5, 5.41) is 3.36. The molecule has 0 fully saturated rings. The fourth-order valence-corrected chi connectivity index (χ4v) is 1.69. The van der Waals surface area contributed by atoms with E-state index in [1.165, 1.54) is 5.56 Å². The molecule has 1 aromatic carbocycles. The number of benzene rings is 1. The molecule has 0 saturated carbocycles. The van der Waals surface area contributed by atoms with Crippen LogP contribution in [-0.2, 0) is 6.54 Å². The van der Waals surface area contributed by atoms with E-state index < -0.39 is 0 Å². The van der Waals surface area contributed by atoms with Gasteiger partial charge < -0.3 is 9.88 Å². The fraction of sp³-hybridized carbons (Fsp3) is 0.357. The van der Waals surface area contributed by atoms with E-state index in [9.17, 15) is 0 Å². The van der Waals surface area contributed by atoms with Gasteiger partial charge in [0.1, 0.15) is 0 Å². The van der Waals surface area contributed by atoms with Crippen LogP contribution in [0.4, 0.5) is 0 Å². The Bertz CT molecular complexity index is 486. The Morgan fingerprint density at radius 3 is 2.88 bits per heavy atom. The van der Waals surface area contributed by atoms with Gasteiger partial charge in [-0.3, -0.25) is 0 Å². The van der Waals surface area contributed by atoms with E-state index in [0.29, 0.717) is 6.04 Å². The normalized spacial score (nSPS) is 11.1. The van der Waals surface area contributed by atoms with Gasteiger partial charge in [0, 0.05) is 24.5 Å². The van der Waals surface area contributed by atoms with Gasteiger partial charge in [-0.25, -0.2) is 4.98 Å². The van der Waals surface area contributed by atoms with E-state index in [1.54, 1.807) is 0 Å². The molecule has 2 aromatic rings. The molecule has 0 saturated heterocycles. The van der Waals surface area contributed by atoms with Gasteiger partial charge in [-0.15, -0.1) is 0 Å². The number of imidazole rings is 1. The lowest BCUT2D eigenvalue weighted by molar-refractivity contribution is 0.582. The molecule has 0 radical (unpaired) electrons. The molecule has 17 heavy (non-hydrogen) atoms. The first-order valence-electron chi connectivity index (χ1n) is 5.98. The van der Waals surface area contributed by atoms with Crippen LogP contribution >= 0.6 is 0 Å². The fourth-order valence-electron chi connectivity index (χ4n) is 1.69. The number of nitrogens with zero attached hydrogens (tertiary/aromatic N) is 2. The number of rotatable bonds is 4. The third-order valence-corrected chi connectivity index (χ3v) is 2.63. The summed E-state index contributed by atoms with van der Waals surface area (Å²) in [6.07, 6.45) is 3.94. The van der Waals surface area contributed by atoms with Crippen LogP contribution in [0.15, 0.2) is 36.8 Å². The van der Waals surface area contributed by atoms with E-state index in [1.807, 2.05) is 6.33 Å². The first-order valence-corrected chi connectivity index (χ1v) is 5.98. The Kier molecular flexibility index (Phi) is 3.59. The van der Waals surface area contributed by atoms with Crippen LogP contribution in [0.1, 0.15) is 25.1 Å². The van der Waals surface area contributed by atoms with Crippen molar-refractivity contribution in [2.24, 2.45) is 0 Å². The first-order chi connectivity index (χ1) is 8.15. The zero-order valence-corrected chi connectivity index (χ0v) is 10.6. The molecule has 0 amide bonds. The maximum Gasteiger partial charge on any atom is 0.0995 e. The molecule has 0 aliphatic rings. The third-order valence-electron chi connectivity index (χ3n) is 2.63. The van der Waals surface area contributed by atoms with Crippen molar-refractivity contribution in [3.63, 3.8) is 0 Å². The minimum atomic E-state index is 0.485. The summed E-state index contributed by atoms with van der Waals surface area (Å²) in [5.41, 5.74) is 3.49. The zero-order valence-electron chi connectivity index (χ0n) is 10.6. The van der Waals surface area contributed by atoms with Crippen LogP contribution in [0.5, 0.6) is 0 Å². The standard InChI is InChI=1S/C14H19N3/c1-11(2)15-8-13-9-17(10-16-13)14-6-4-5-12(3)7-14/h4-7,9-11,15H,8H2,1-3H3. The van der Waals surface area contributed by atoms with Crippen LogP contribution in [-0.4, -0.2) is 15.6 Å². The van der Waals surface area contributed by atoms with Crippen LogP contribution in [0, 0.1) is 6.92 Å². The van der Waals surface area contributed by atoms with E-state index in [-0.39, 0.29) is 0 Å². The van der Waals surface area contributed by atoms with Crippen molar-refractivity contribution in [3.05, 3.63) is 48.0 Å². The topological polar surface area (TPSA) is 29.9 Å². The second-order valence-electron chi connectivity index (χ2n) is 4.65. The molecular weight excluding hydrogens is 210 g/mol. The summed E-state index contributed by atoms with van der Waals surface area (Å²) in [7, 11) is 0. The molecule has 0 bridgehead atoms. The van der Waals surface area contributed by atoms with Gasteiger partial charge in [0.15, 0.2) is 0 Å². The highest BCUT2D eigenvalue weighted by Gasteiger charge is 2.01. The average molecular weight is 229 g/mol. The predicted octanol–water partition coefficient (Wildman–Crippen LogP) is 2.68. The Morgan fingerprint density at radius 1 is 1.35 bits per heavy atom. The van der Waals surface area contributed by atoms with E-state index in [4.69, 9.17) is 0 Å². The van der Waals surface area contributed by atoms with E-state index in [2.05, 4.69) is 66.1 Å². The second-order valence-corrected chi connectivity index (χ2v) is 4.65. The summed E-state index contributed by atoms with van der Waals surface area (Å²) < 4.78 is 2.06. The lowest BCUT2D eigenvalue weighted by Crippen LogP contribution is -2.21.